The summed E-state index contributed by atoms with van der Waals surface area (Å²) >= 11 is 6.04. The Labute approximate surface area is 202 Å². The molecule has 34 heavy (non-hydrogen) atoms. The molecule has 3 rings (SSSR count). The van der Waals surface area contributed by atoms with Gasteiger partial charge in [0, 0.05) is 19.5 Å². The minimum atomic E-state index is -1.13. The zero-order chi connectivity index (χ0) is 24.5. The standard InChI is InChI=1S/C26H25ClN2O5/c27-22-7-2-1-6-21(22)25(32)29-23(26(33)34)15-17-8-10-19(11-9-17)20-5-3-4-18(14-20)16-28-13-12-24(30)31/h1-11,14,23,28H,12-13,15-16H2,(H,29,32)(H,30,31)(H,33,34). The fraction of sp³-hybridized carbons (Fsp3) is 0.192. The van der Waals surface area contributed by atoms with Crippen LogP contribution >= 0.6 is 11.6 Å². The van der Waals surface area contributed by atoms with Gasteiger partial charge in [0.25, 0.3) is 5.91 Å². The van der Waals surface area contributed by atoms with Crippen LogP contribution < -0.4 is 10.6 Å². The highest BCUT2D eigenvalue weighted by Gasteiger charge is 2.22. The van der Waals surface area contributed by atoms with E-state index < -0.39 is 23.9 Å². The summed E-state index contributed by atoms with van der Waals surface area (Å²) in [5.41, 5.74) is 3.97. The van der Waals surface area contributed by atoms with Crippen molar-refractivity contribution in [2.24, 2.45) is 0 Å². The van der Waals surface area contributed by atoms with Crippen LogP contribution in [0.5, 0.6) is 0 Å². The molecular formula is C26H25ClN2O5. The molecule has 3 aromatic carbocycles. The second kappa shape index (κ2) is 12.0. The summed E-state index contributed by atoms with van der Waals surface area (Å²) in [6.07, 6.45) is 0.191. The van der Waals surface area contributed by atoms with Gasteiger partial charge in [-0.3, -0.25) is 9.59 Å². The molecule has 1 unspecified atom stereocenters. The van der Waals surface area contributed by atoms with Crippen molar-refractivity contribution in [2.45, 2.75) is 25.4 Å². The first-order valence-electron chi connectivity index (χ1n) is 10.7. The van der Waals surface area contributed by atoms with Gasteiger partial charge in [-0.2, -0.15) is 0 Å². The van der Waals surface area contributed by atoms with E-state index >= 15 is 0 Å². The minimum Gasteiger partial charge on any atom is -0.481 e. The lowest BCUT2D eigenvalue weighted by Crippen LogP contribution is -2.42. The average molecular weight is 481 g/mol. The summed E-state index contributed by atoms with van der Waals surface area (Å²) in [6.45, 7) is 0.955. The van der Waals surface area contributed by atoms with E-state index in [1.54, 1.807) is 24.3 Å². The highest BCUT2D eigenvalue weighted by molar-refractivity contribution is 6.33. The van der Waals surface area contributed by atoms with Crippen molar-refractivity contribution < 1.29 is 24.6 Å². The van der Waals surface area contributed by atoms with Gasteiger partial charge in [0.15, 0.2) is 0 Å². The Morgan fingerprint density at radius 2 is 1.59 bits per heavy atom. The SMILES string of the molecule is O=C(O)CCNCc1cccc(-c2ccc(CC(NC(=O)c3ccccc3Cl)C(=O)O)cc2)c1. The fourth-order valence-corrected chi connectivity index (χ4v) is 3.66. The van der Waals surface area contributed by atoms with Crippen LogP contribution in [-0.4, -0.2) is 40.6 Å². The number of hydrogen-bond acceptors (Lipinski definition) is 4. The summed E-state index contributed by atoms with van der Waals surface area (Å²) in [6, 6.07) is 20.7. The third-order valence-corrected chi connectivity index (χ3v) is 5.55. The zero-order valence-electron chi connectivity index (χ0n) is 18.3. The molecule has 1 amide bonds. The second-order valence-electron chi connectivity index (χ2n) is 7.77. The van der Waals surface area contributed by atoms with Gasteiger partial charge < -0.3 is 20.8 Å². The lowest BCUT2D eigenvalue weighted by molar-refractivity contribution is -0.139. The summed E-state index contributed by atoms with van der Waals surface area (Å²) in [5, 5.41) is 24.2. The smallest absolute Gasteiger partial charge is 0.326 e. The van der Waals surface area contributed by atoms with Crippen LogP contribution in [0, 0.1) is 0 Å². The third-order valence-electron chi connectivity index (χ3n) is 5.22. The lowest BCUT2D eigenvalue weighted by Gasteiger charge is -2.15. The van der Waals surface area contributed by atoms with E-state index in [-0.39, 0.29) is 23.4 Å². The molecule has 0 aliphatic rings. The van der Waals surface area contributed by atoms with Crippen molar-refractivity contribution in [3.05, 3.63) is 94.5 Å². The monoisotopic (exact) mass is 480 g/mol. The van der Waals surface area contributed by atoms with Crippen LogP contribution in [0.1, 0.15) is 27.9 Å². The van der Waals surface area contributed by atoms with Gasteiger partial charge in [-0.15, -0.1) is 0 Å². The number of aliphatic carboxylic acids is 2. The first kappa shape index (κ1) is 25.0. The molecule has 7 nitrogen and oxygen atoms in total. The van der Waals surface area contributed by atoms with Crippen LogP contribution in [0.4, 0.5) is 0 Å². The van der Waals surface area contributed by atoms with Crippen LogP contribution in [0.2, 0.25) is 5.02 Å². The Balaban J connectivity index is 1.64. The molecule has 0 aliphatic heterocycles. The first-order chi connectivity index (χ1) is 16.3. The number of carboxylic acids is 2. The number of carboxylic acid groups (broad SMARTS) is 2. The van der Waals surface area contributed by atoms with Crippen LogP contribution in [0.15, 0.2) is 72.8 Å². The number of amides is 1. The molecule has 176 valence electrons. The second-order valence-corrected chi connectivity index (χ2v) is 8.17. The van der Waals surface area contributed by atoms with E-state index in [1.165, 1.54) is 0 Å². The van der Waals surface area contributed by atoms with Gasteiger partial charge in [0.2, 0.25) is 0 Å². The third kappa shape index (κ3) is 7.16. The Bertz CT molecular complexity index is 1160. The summed E-state index contributed by atoms with van der Waals surface area (Å²) in [7, 11) is 0. The Kier molecular flexibility index (Phi) is 8.79. The largest absolute Gasteiger partial charge is 0.481 e. The molecule has 0 saturated heterocycles. The zero-order valence-corrected chi connectivity index (χ0v) is 19.1. The number of halogens is 1. The van der Waals surface area contributed by atoms with Gasteiger partial charge in [0.05, 0.1) is 17.0 Å². The number of carbonyl (C=O) groups is 3. The van der Waals surface area contributed by atoms with Gasteiger partial charge in [-0.1, -0.05) is 66.2 Å². The lowest BCUT2D eigenvalue weighted by atomic mass is 9.99. The van der Waals surface area contributed by atoms with Gasteiger partial charge in [-0.25, -0.2) is 4.79 Å². The number of rotatable bonds is 11. The Hall–Kier alpha value is -3.68. The quantitative estimate of drug-likeness (QED) is 0.308. The molecular weight excluding hydrogens is 456 g/mol. The van der Waals surface area contributed by atoms with Gasteiger partial charge in [0.1, 0.15) is 6.04 Å². The van der Waals surface area contributed by atoms with E-state index in [9.17, 15) is 19.5 Å². The molecule has 0 spiro atoms. The van der Waals surface area contributed by atoms with Crippen LogP contribution in [0.3, 0.4) is 0 Å². The summed E-state index contributed by atoms with van der Waals surface area (Å²) in [4.78, 5) is 34.8. The van der Waals surface area contributed by atoms with Crippen molar-refractivity contribution in [1.29, 1.82) is 0 Å². The van der Waals surface area contributed by atoms with Crippen molar-refractivity contribution in [3.63, 3.8) is 0 Å². The molecule has 0 saturated carbocycles. The molecule has 3 aromatic rings. The predicted molar refractivity (Wildman–Crippen MR) is 130 cm³/mol. The van der Waals surface area contributed by atoms with E-state index in [2.05, 4.69) is 10.6 Å². The normalized spacial score (nSPS) is 11.6. The maximum Gasteiger partial charge on any atom is 0.326 e. The number of benzene rings is 3. The molecule has 0 radical (unpaired) electrons. The van der Waals surface area contributed by atoms with Gasteiger partial charge >= 0.3 is 11.9 Å². The van der Waals surface area contributed by atoms with E-state index in [0.717, 1.165) is 22.3 Å². The molecule has 0 aliphatic carbocycles. The number of hydrogen-bond donors (Lipinski definition) is 4. The minimum absolute atomic E-state index is 0.0668. The first-order valence-corrected chi connectivity index (χ1v) is 11.1. The highest BCUT2D eigenvalue weighted by atomic mass is 35.5. The molecule has 0 bridgehead atoms. The predicted octanol–water partition coefficient (Wildman–Crippen LogP) is 4.00. The molecule has 0 heterocycles. The van der Waals surface area contributed by atoms with Crippen molar-refractivity contribution in [3.8, 4) is 11.1 Å². The van der Waals surface area contributed by atoms with E-state index in [0.29, 0.717) is 13.1 Å². The summed E-state index contributed by atoms with van der Waals surface area (Å²) < 4.78 is 0. The van der Waals surface area contributed by atoms with Crippen molar-refractivity contribution in [2.75, 3.05) is 6.54 Å². The Morgan fingerprint density at radius 3 is 2.26 bits per heavy atom. The van der Waals surface area contributed by atoms with Gasteiger partial charge in [-0.05, 0) is 40.5 Å². The molecule has 1 atom stereocenters. The molecule has 8 heteroatoms. The Morgan fingerprint density at radius 1 is 0.853 bits per heavy atom. The molecule has 4 N–H and O–H groups in total. The number of nitrogens with one attached hydrogen (secondary N) is 2. The molecule has 0 fully saturated rings. The number of carbonyl (C=O) groups excluding carboxylic acids is 1. The van der Waals surface area contributed by atoms with Crippen LogP contribution in [-0.2, 0) is 22.6 Å². The van der Waals surface area contributed by atoms with E-state index in [4.69, 9.17) is 16.7 Å². The topological polar surface area (TPSA) is 116 Å². The molecule has 0 aromatic heterocycles. The van der Waals surface area contributed by atoms with Crippen molar-refractivity contribution >= 4 is 29.4 Å². The average Bonchev–Trinajstić information content (AvgIpc) is 2.82. The van der Waals surface area contributed by atoms with Crippen LogP contribution in [0.25, 0.3) is 11.1 Å². The fourth-order valence-electron chi connectivity index (χ4n) is 3.44. The van der Waals surface area contributed by atoms with Crippen molar-refractivity contribution in [1.82, 2.24) is 10.6 Å². The van der Waals surface area contributed by atoms with E-state index in [1.807, 2.05) is 48.5 Å². The maximum absolute atomic E-state index is 12.5. The maximum atomic E-state index is 12.5. The highest BCUT2D eigenvalue weighted by Crippen LogP contribution is 2.22. The summed E-state index contributed by atoms with van der Waals surface area (Å²) in [5.74, 6) is -2.51.